The Morgan fingerprint density at radius 2 is 1.94 bits per heavy atom. The fourth-order valence-electron chi connectivity index (χ4n) is 3.53. The number of ether oxygens (including phenoxy) is 4. The molecular weight excluding hydrogens is 448 g/mol. The highest BCUT2D eigenvalue weighted by Gasteiger charge is 2.18. The van der Waals surface area contributed by atoms with Crippen LogP contribution in [-0.2, 0) is 29.7 Å². The monoisotopic (exact) mass is 475 g/mol. The average molecular weight is 475 g/mol. The van der Waals surface area contributed by atoms with Crippen molar-refractivity contribution in [2.24, 2.45) is 7.05 Å². The number of nitrogens with zero attached hydrogens (tertiary/aromatic N) is 4. The van der Waals surface area contributed by atoms with E-state index < -0.39 is 11.6 Å². The maximum atomic E-state index is 14.4. The topological polar surface area (TPSA) is 92.6 Å². The van der Waals surface area contributed by atoms with Gasteiger partial charge < -0.3 is 24.3 Å². The number of hydrogen-bond donors (Lipinski definition) is 1. The van der Waals surface area contributed by atoms with Gasteiger partial charge in [-0.25, -0.2) is 18.7 Å². The molecule has 1 N–H and O–H groups in total. The summed E-state index contributed by atoms with van der Waals surface area (Å²) in [6.45, 7) is 2.30. The van der Waals surface area contributed by atoms with Gasteiger partial charge in [0.2, 0.25) is 5.95 Å². The van der Waals surface area contributed by atoms with Crippen LogP contribution in [0.2, 0.25) is 0 Å². The molecule has 182 valence electrons. The Hall–Kier alpha value is -3.31. The number of methoxy groups -OCH3 is 1. The standard InChI is InChI=1S/C23H27F2N5O4/c1-14-8-18(31-3)22(25)17(21(14)24)13-33-16-10-26-23(27-11-16)28-19-9-15(30(2)29-19)12-34-20-6-4-5-7-32-20/h8-11,20H,4-7,12-13H2,1-3H3,(H,26,27,28,29). The Kier molecular flexibility index (Phi) is 7.53. The van der Waals surface area contributed by atoms with E-state index in [0.29, 0.717) is 18.4 Å². The van der Waals surface area contributed by atoms with E-state index in [1.807, 2.05) is 13.1 Å². The first-order chi connectivity index (χ1) is 16.4. The number of halogens is 2. The highest BCUT2D eigenvalue weighted by atomic mass is 19.1. The van der Waals surface area contributed by atoms with Crippen molar-refractivity contribution in [3.8, 4) is 11.5 Å². The number of rotatable bonds is 9. The lowest BCUT2D eigenvalue weighted by atomic mass is 10.1. The quantitative estimate of drug-likeness (QED) is 0.493. The van der Waals surface area contributed by atoms with E-state index >= 15 is 0 Å². The molecular formula is C23H27F2N5O4. The predicted octanol–water partition coefficient (Wildman–Crippen LogP) is 4.17. The number of anilines is 2. The van der Waals surface area contributed by atoms with Crippen LogP contribution in [0, 0.1) is 18.6 Å². The zero-order valence-electron chi connectivity index (χ0n) is 19.3. The number of benzene rings is 1. The third kappa shape index (κ3) is 5.60. The SMILES string of the molecule is COc1cc(C)c(F)c(COc2cnc(Nc3cc(COC4CCCCO4)n(C)n3)nc2)c1F. The summed E-state index contributed by atoms with van der Waals surface area (Å²) in [7, 11) is 3.14. The Balaban J connectivity index is 1.34. The van der Waals surface area contributed by atoms with Crippen molar-refractivity contribution in [3.05, 3.63) is 53.0 Å². The van der Waals surface area contributed by atoms with Crippen LogP contribution in [0.1, 0.15) is 36.1 Å². The number of nitrogens with one attached hydrogen (secondary N) is 1. The minimum Gasteiger partial charge on any atom is -0.494 e. The van der Waals surface area contributed by atoms with Gasteiger partial charge in [-0.1, -0.05) is 0 Å². The third-order valence-corrected chi connectivity index (χ3v) is 5.44. The second-order valence-corrected chi connectivity index (χ2v) is 7.91. The molecule has 0 aliphatic carbocycles. The van der Waals surface area contributed by atoms with Gasteiger partial charge in [0.05, 0.1) is 37.4 Å². The van der Waals surface area contributed by atoms with E-state index in [0.717, 1.165) is 31.6 Å². The van der Waals surface area contributed by atoms with Gasteiger partial charge in [-0.3, -0.25) is 4.68 Å². The summed E-state index contributed by atoms with van der Waals surface area (Å²) in [5.74, 6) is -0.414. The van der Waals surface area contributed by atoms with Gasteiger partial charge in [-0.05, 0) is 37.8 Å². The molecule has 2 aromatic heterocycles. The second kappa shape index (κ2) is 10.7. The van der Waals surface area contributed by atoms with E-state index in [4.69, 9.17) is 18.9 Å². The normalized spacial score (nSPS) is 15.9. The van der Waals surface area contributed by atoms with Crippen molar-refractivity contribution in [2.75, 3.05) is 19.0 Å². The summed E-state index contributed by atoms with van der Waals surface area (Å²) in [5, 5.41) is 7.40. The molecule has 1 unspecified atom stereocenters. The largest absolute Gasteiger partial charge is 0.494 e. The fraction of sp³-hybridized carbons (Fsp3) is 0.435. The maximum Gasteiger partial charge on any atom is 0.228 e. The van der Waals surface area contributed by atoms with Crippen LogP contribution in [0.15, 0.2) is 24.5 Å². The van der Waals surface area contributed by atoms with Gasteiger partial charge in [-0.15, -0.1) is 0 Å². The van der Waals surface area contributed by atoms with Gasteiger partial charge in [-0.2, -0.15) is 5.10 Å². The van der Waals surface area contributed by atoms with Crippen LogP contribution in [-0.4, -0.2) is 39.8 Å². The smallest absolute Gasteiger partial charge is 0.228 e. The number of aromatic nitrogens is 4. The van der Waals surface area contributed by atoms with E-state index in [2.05, 4.69) is 20.4 Å². The highest BCUT2D eigenvalue weighted by molar-refractivity contribution is 5.48. The van der Waals surface area contributed by atoms with Crippen molar-refractivity contribution in [1.82, 2.24) is 19.7 Å². The van der Waals surface area contributed by atoms with E-state index in [1.54, 1.807) is 4.68 Å². The minimum atomic E-state index is -0.796. The Morgan fingerprint density at radius 3 is 2.65 bits per heavy atom. The molecule has 9 nitrogen and oxygen atoms in total. The summed E-state index contributed by atoms with van der Waals surface area (Å²) in [4.78, 5) is 8.36. The van der Waals surface area contributed by atoms with Gasteiger partial charge in [0.25, 0.3) is 0 Å². The van der Waals surface area contributed by atoms with E-state index in [-0.39, 0.29) is 35.5 Å². The van der Waals surface area contributed by atoms with Gasteiger partial charge in [0.1, 0.15) is 12.4 Å². The number of aryl methyl sites for hydroxylation is 2. The van der Waals surface area contributed by atoms with Gasteiger partial charge in [0, 0.05) is 19.7 Å². The van der Waals surface area contributed by atoms with Gasteiger partial charge >= 0.3 is 0 Å². The molecule has 1 fully saturated rings. The third-order valence-electron chi connectivity index (χ3n) is 5.44. The van der Waals surface area contributed by atoms with Crippen LogP contribution >= 0.6 is 0 Å². The number of hydrogen-bond acceptors (Lipinski definition) is 8. The van der Waals surface area contributed by atoms with Crippen LogP contribution in [0.25, 0.3) is 0 Å². The molecule has 0 radical (unpaired) electrons. The van der Waals surface area contributed by atoms with Crippen molar-refractivity contribution >= 4 is 11.8 Å². The lowest BCUT2D eigenvalue weighted by Gasteiger charge is -2.22. The molecule has 4 rings (SSSR count). The first-order valence-corrected chi connectivity index (χ1v) is 10.9. The molecule has 0 bridgehead atoms. The molecule has 0 saturated carbocycles. The lowest BCUT2D eigenvalue weighted by molar-refractivity contribution is -0.169. The first kappa shape index (κ1) is 23.8. The van der Waals surface area contributed by atoms with Crippen molar-refractivity contribution in [3.63, 3.8) is 0 Å². The summed E-state index contributed by atoms with van der Waals surface area (Å²) in [6.07, 6.45) is 5.69. The van der Waals surface area contributed by atoms with Crippen LogP contribution < -0.4 is 14.8 Å². The molecule has 0 spiro atoms. The molecule has 3 aromatic rings. The Labute approximate surface area is 196 Å². The summed E-state index contributed by atoms with van der Waals surface area (Å²) in [6, 6.07) is 3.14. The molecule has 1 saturated heterocycles. The van der Waals surface area contributed by atoms with Crippen molar-refractivity contribution in [2.45, 2.75) is 45.7 Å². The van der Waals surface area contributed by atoms with Crippen molar-refractivity contribution in [1.29, 1.82) is 0 Å². The summed E-state index contributed by atoms with van der Waals surface area (Å²) >= 11 is 0. The first-order valence-electron chi connectivity index (χ1n) is 10.9. The maximum absolute atomic E-state index is 14.4. The minimum absolute atomic E-state index is 0.0419. The zero-order valence-corrected chi connectivity index (χ0v) is 19.3. The molecule has 1 atom stereocenters. The molecule has 34 heavy (non-hydrogen) atoms. The van der Waals surface area contributed by atoms with Gasteiger partial charge in [0.15, 0.2) is 29.4 Å². The van der Waals surface area contributed by atoms with Crippen LogP contribution in [0.5, 0.6) is 11.5 Å². The molecule has 1 aliphatic heterocycles. The van der Waals surface area contributed by atoms with Crippen LogP contribution in [0.4, 0.5) is 20.5 Å². The summed E-state index contributed by atoms with van der Waals surface area (Å²) < 4.78 is 52.3. The Bertz CT molecular complexity index is 1120. The van der Waals surface area contributed by atoms with E-state index in [1.165, 1.54) is 32.5 Å². The predicted molar refractivity (Wildman–Crippen MR) is 119 cm³/mol. The fourth-order valence-corrected chi connectivity index (χ4v) is 3.53. The molecule has 0 amide bonds. The summed E-state index contributed by atoms with van der Waals surface area (Å²) in [5.41, 5.74) is 0.911. The molecule has 1 aromatic carbocycles. The second-order valence-electron chi connectivity index (χ2n) is 7.91. The van der Waals surface area contributed by atoms with E-state index in [9.17, 15) is 8.78 Å². The molecule has 1 aliphatic rings. The molecule has 3 heterocycles. The van der Waals surface area contributed by atoms with Crippen LogP contribution in [0.3, 0.4) is 0 Å². The molecule has 11 heteroatoms. The lowest BCUT2D eigenvalue weighted by Crippen LogP contribution is -2.22. The average Bonchev–Trinajstić information content (AvgIpc) is 3.20. The Morgan fingerprint density at radius 1 is 1.15 bits per heavy atom. The highest BCUT2D eigenvalue weighted by Crippen LogP contribution is 2.27. The zero-order chi connectivity index (χ0) is 24.1. The van der Waals surface area contributed by atoms with Crippen molar-refractivity contribution < 1.29 is 27.7 Å².